The molecule has 0 aromatic carbocycles. The van der Waals surface area contributed by atoms with Gasteiger partial charge in [0.05, 0.1) is 18.3 Å². The number of nitrogens with one attached hydrogen (secondary N) is 1. The Morgan fingerprint density at radius 2 is 2.24 bits per heavy atom. The van der Waals surface area contributed by atoms with E-state index in [1.807, 2.05) is 13.1 Å². The Morgan fingerprint density at radius 1 is 1.48 bits per heavy atom. The smallest absolute Gasteiger partial charge is 0.194 e. The number of nitrogens with zero attached hydrogens (tertiary/aromatic N) is 3. The van der Waals surface area contributed by atoms with E-state index in [0.717, 1.165) is 56.4 Å². The Hall–Kier alpha value is -1.56. The van der Waals surface area contributed by atoms with Gasteiger partial charge < -0.3 is 19.5 Å². The summed E-state index contributed by atoms with van der Waals surface area (Å²) in [5, 5.41) is 7.34. The average molecular weight is 294 g/mol. The largest absolute Gasteiger partial charge is 0.378 e. The van der Waals surface area contributed by atoms with E-state index in [1.54, 1.807) is 0 Å². The number of rotatable bonds is 5. The minimum absolute atomic E-state index is 0.394. The van der Waals surface area contributed by atoms with Crippen molar-refractivity contribution in [2.45, 2.75) is 45.8 Å². The molecule has 0 atom stereocenters. The van der Waals surface area contributed by atoms with E-state index in [1.165, 1.54) is 0 Å². The lowest BCUT2D eigenvalue weighted by molar-refractivity contribution is 0.0263. The van der Waals surface area contributed by atoms with E-state index >= 15 is 0 Å². The zero-order valence-corrected chi connectivity index (χ0v) is 13.3. The SMILES string of the molecule is CCOC1CCN(C(=NC)NCc2cc(CC)no2)CC1. The molecular formula is C15H26N4O2. The molecular weight excluding hydrogens is 268 g/mol. The number of hydrogen-bond donors (Lipinski definition) is 1. The molecule has 1 aromatic heterocycles. The summed E-state index contributed by atoms with van der Waals surface area (Å²) >= 11 is 0. The lowest BCUT2D eigenvalue weighted by Gasteiger charge is -2.33. The highest BCUT2D eigenvalue weighted by molar-refractivity contribution is 5.79. The van der Waals surface area contributed by atoms with E-state index in [4.69, 9.17) is 9.26 Å². The molecule has 1 N–H and O–H groups in total. The summed E-state index contributed by atoms with van der Waals surface area (Å²) in [6.07, 6.45) is 3.39. The summed E-state index contributed by atoms with van der Waals surface area (Å²) in [6.45, 7) is 7.47. The van der Waals surface area contributed by atoms with Gasteiger partial charge in [-0.1, -0.05) is 12.1 Å². The number of ether oxygens (including phenoxy) is 1. The van der Waals surface area contributed by atoms with Gasteiger partial charge in [0.2, 0.25) is 0 Å². The van der Waals surface area contributed by atoms with Gasteiger partial charge in [-0.25, -0.2) is 0 Å². The third-order valence-corrected chi connectivity index (χ3v) is 3.75. The van der Waals surface area contributed by atoms with Crippen LogP contribution in [0.1, 0.15) is 38.1 Å². The molecule has 1 fully saturated rings. The molecule has 0 radical (unpaired) electrons. The number of guanidine groups is 1. The maximum Gasteiger partial charge on any atom is 0.194 e. The molecule has 1 aliphatic rings. The second-order valence-corrected chi connectivity index (χ2v) is 5.18. The Morgan fingerprint density at radius 3 is 2.81 bits per heavy atom. The van der Waals surface area contributed by atoms with Crippen LogP contribution in [-0.4, -0.2) is 48.9 Å². The first-order valence-electron chi connectivity index (χ1n) is 7.78. The first-order chi connectivity index (χ1) is 10.3. The first-order valence-corrected chi connectivity index (χ1v) is 7.78. The molecule has 6 heteroatoms. The molecule has 0 spiro atoms. The fourth-order valence-corrected chi connectivity index (χ4v) is 2.57. The standard InChI is InChI=1S/C15H26N4O2/c1-4-12-10-14(21-18-12)11-17-15(16-3)19-8-6-13(7-9-19)20-5-2/h10,13H,4-9,11H2,1-3H3,(H,16,17). The zero-order chi connectivity index (χ0) is 15.1. The second kappa shape index (κ2) is 8.02. The third kappa shape index (κ3) is 4.46. The normalized spacial score (nSPS) is 17.3. The summed E-state index contributed by atoms with van der Waals surface area (Å²) < 4.78 is 11.0. The fraction of sp³-hybridized carbons (Fsp3) is 0.733. The third-order valence-electron chi connectivity index (χ3n) is 3.75. The van der Waals surface area contributed by atoms with Crippen LogP contribution in [-0.2, 0) is 17.7 Å². The molecule has 1 aliphatic heterocycles. The number of piperidine rings is 1. The Balaban J connectivity index is 1.81. The van der Waals surface area contributed by atoms with Gasteiger partial charge in [0.1, 0.15) is 0 Å². The van der Waals surface area contributed by atoms with Crippen LogP contribution in [0.15, 0.2) is 15.6 Å². The van der Waals surface area contributed by atoms with Crippen LogP contribution < -0.4 is 5.32 Å². The van der Waals surface area contributed by atoms with Gasteiger partial charge in [0, 0.05) is 32.8 Å². The van der Waals surface area contributed by atoms with E-state index in [2.05, 4.69) is 34.2 Å². The molecule has 0 bridgehead atoms. The number of likely N-dealkylation sites (tertiary alicyclic amines) is 1. The zero-order valence-electron chi connectivity index (χ0n) is 13.3. The number of aryl methyl sites for hydroxylation is 1. The molecule has 118 valence electrons. The summed E-state index contributed by atoms with van der Waals surface area (Å²) in [7, 11) is 1.81. The van der Waals surface area contributed by atoms with Crippen molar-refractivity contribution < 1.29 is 9.26 Å². The molecule has 2 heterocycles. The predicted molar refractivity (Wildman–Crippen MR) is 82.3 cm³/mol. The molecule has 0 saturated carbocycles. The fourth-order valence-electron chi connectivity index (χ4n) is 2.57. The monoisotopic (exact) mass is 294 g/mol. The van der Waals surface area contributed by atoms with Crippen LogP contribution >= 0.6 is 0 Å². The summed E-state index contributed by atoms with van der Waals surface area (Å²) in [4.78, 5) is 6.62. The van der Waals surface area contributed by atoms with Crippen molar-refractivity contribution in [1.82, 2.24) is 15.4 Å². The minimum atomic E-state index is 0.394. The first kappa shape index (κ1) is 15.8. The number of aromatic nitrogens is 1. The highest BCUT2D eigenvalue weighted by Crippen LogP contribution is 2.14. The average Bonchev–Trinajstić information content (AvgIpc) is 2.98. The van der Waals surface area contributed by atoms with Crippen LogP contribution in [0.3, 0.4) is 0 Å². The highest BCUT2D eigenvalue weighted by atomic mass is 16.5. The lowest BCUT2D eigenvalue weighted by atomic mass is 10.1. The molecule has 21 heavy (non-hydrogen) atoms. The molecule has 0 unspecified atom stereocenters. The van der Waals surface area contributed by atoms with E-state index in [-0.39, 0.29) is 0 Å². The van der Waals surface area contributed by atoms with Crippen LogP contribution in [0.5, 0.6) is 0 Å². The van der Waals surface area contributed by atoms with Gasteiger partial charge in [-0.3, -0.25) is 4.99 Å². The number of hydrogen-bond acceptors (Lipinski definition) is 4. The van der Waals surface area contributed by atoms with Gasteiger partial charge in [-0.2, -0.15) is 0 Å². The van der Waals surface area contributed by atoms with Gasteiger partial charge in [-0.15, -0.1) is 0 Å². The Labute approximate surface area is 126 Å². The minimum Gasteiger partial charge on any atom is -0.378 e. The molecule has 1 aromatic rings. The van der Waals surface area contributed by atoms with Gasteiger partial charge in [0.15, 0.2) is 11.7 Å². The van der Waals surface area contributed by atoms with Crippen molar-refractivity contribution in [3.05, 3.63) is 17.5 Å². The van der Waals surface area contributed by atoms with Crippen molar-refractivity contribution in [2.24, 2.45) is 4.99 Å². The van der Waals surface area contributed by atoms with Crippen molar-refractivity contribution in [1.29, 1.82) is 0 Å². The van der Waals surface area contributed by atoms with Crippen LogP contribution in [0.2, 0.25) is 0 Å². The molecule has 1 saturated heterocycles. The predicted octanol–water partition coefficient (Wildman–Crippen LogP) is 1.81. The van der Waals surface area contributed by atoms with Crippen molar-refractivity contribution in [2.75, 3.05) is 26.7 Å². The molecule has 0 aliphatic carbocycles. The maximum atomic E-state index is 5.68. The Kier molecular flexibility index (Phi) is 6.04. The lowest BCUT2D eigenvalue weighted by Crippen LogP contribution is -2.46. The quantitative estimate of drug-likeness (QED) is 0.663. The van der Waals surface area contributed by atoms with Crippen LogP contribution in [0.4, 0.5) is 0 Å². The van der Waals surface area contributed by atoms with Crippen molar-refractivity contribution >= 4 is 5.96 Å². The summed E-state index contributed by atoms with van der Waals surface area (Å²) in [6, 6.07) is 1.99. The van der Waals surface area contributed by atoms with Crippen LogP contribution in [0.25, 0.3) is 0 Å². The van der Waals surface area contributed by atoms with Gasteiger partial charge in [-0.05, 0) is 26.2 Å². The second-order valence-electron chi connectivity index (χ2n) is 5.18. The highest BCUT2D eigenvalue weighted by Gasteiger charge is 2.21. The maximum absolute atomic E-state index is 5.68. The van der Waals surface area contributed by atoms with E-state index < -0.39 is 0 Å². The van der Waals surface area contributed by atoms with Gasteiger partial charge in [0.25, 0.3) is 0 Å². The van der Waals surface area contributed by atoms with E-state index in [9.17, 15) is 0 Å². The molecule has 0 amide bonds. The van der Waals surface area contributed by atoms with Crippen LogP contribution in [0, 0.1) is 0 Å². The summed E-state index contributed by atoms with van der Waals surface area (Å²) in [5.74, 6) is 1.76. The topological polar surface area (TPSA) is 62.9 Å². The van der Waals surface area contributed by atoms with Crippen molar-refractivity contribution in [3.8, 4) is 0 Å². The van der Waals surface area contributed by atoms with Gasteiger partial charge >= 0.3 is 0 Å². The summed E-state index contributed by atoms with van der Waals surface area (Å²) in [5.41, 5.74) is 0.985. The molecule has 2 rings (SSSR count). The Bertz CT molecular complexity index is 450. The van der Waals surface area contributed by atoms with Crippen molar-refractivity contribution in [3.63, 3.8) is 0 Å². The van der Waals surface area contributed by atoms with E-state index in [0.29, 0.717) is 12.6 Å². The number of aliphatic imine (C=N–C) groups is 1. The molecule has 6 nitrogen and oxygen atoms in total.